The van der Waals surface area contributed by atoms with Crippen LogP contribution in [0.25, 0.3) is 0 Å². The average molecular weight is 414 g/mol. The van der Waals surface area contributed by atoms with Crippen molar-refractivity contribution in [2.24, 2.45) is 0 Å². The number of rotatable bonds is 9. The highest BCUT2D eigenvalue weighted by atomic mass is 16.6. The van der Waals surface area contributed by atoms with Crippen LogP contribution in [0.4, 0.5) is 0 Å². The van der Waals surface area contributed by atoms with E-state index in [1.54, 1.807) is 12.1 Å². The number of carbonyl (C=O) groups is 4. The molecule has 0 amide bonds. The van der Waals surface area contributed by atoms with Crippen LogP contribution in [0.5, 0.6) is 0 Å². The van der Waals surface area contributed by atoms with E-state index in [1.165, 1.54) is 62.4 Å². The van der Waals surface area contributed by atoms with Crippen LogP contribution in [0, 0.1) is 0 Å². The van der Waals surface area contributed by atoms with Gasteiger partial charge in [-0.1, -0.05) is 60.7 Å². The minimum absolute atomic E-state index is 0.225. The summed E-state index contributed by atoms with van der Waals surface area (Å²) < 4.78 is 9.56. The highest BCUT2D eigenvalue weighted by molar-refractivity contribution is 6.28. The van der Waals surface area contributed by atoms with E-state index in [2.05, 4.69) is 0 Å². The number of esters is 2. The van der Waals surface area contributed by atoms with Gasteiger partial charge in [0.1, 0.15) is 0 Å². The molecule has 0 saturated carbocycles. The lowest BCUT2D eigenvalue weighted by molar-refractivity contribution is -0.193. The Hall–Kier alpha value is -3.36. The lowest BCUT2D eigenvalue weighted by Gasteiger charge is -2.36. The van der Waals surface area contributed by atoms with Crippen molar-refractivity contribution in [3.63, 3.8) is 0 Å². The maximum absolute atomic E-state index is 13.2. The van der Waals surface area contributed by atoms with Crippen LogP contribution in [-0.2, 0) is 19.1 Å². The number of carbonyl (C=O) groups excluding carboxylic acids is 4. The summed E-state index contributed by atoms with van der Waals surface area (Å²) in [6.45, 7) is 2.21. The Morgan fingerprint density at radius 2 is 0.967 bits per heavy atom. The largest absolute Gasteiger partial charge is 0.463 e. The predicted molar refractivity (Wildman–Crippen MR) is 105 cm³/mol. The lowest BCUT2D eigenvalue weighted by Crippen LogP contribution is -2.72. The van der Waals surface area contributed by atoms with Crippen molar-refractivity contribution in [1.29, 1.82) is 0 Å². The van der Waals surface area contributed by atoms with E-state index in [0.717, 1.165) is 0 Å². The maximum atomic E-state index is 13.2. The standard InChI is InChI=1S/C22H22O8/c1-3-29-19(25)21(27,17(23)15-11-7-5-8-12-15)22(28,20(26)30-4-2)18(24)16-13-9-6-10-14-16/h5-14,27-28H,3-4H2,1-2H3. The van der Waals surface area contributed by atoms with Crippen molar-refractivity contribution < 1.29 is 38.9 Å². The number of ketones is 2. The van der Waals surface area contributed by atoms with E-state index in [0.29, 0.717) is 0 Å². The Bertz CT molecular complexity index is 847. The molecule has 2 unspecified atom stereocenters. The van der Waals surface area contributed by atoms with E-state index >= 15 is 0 Å². The molecule has 2 atom stereocenters. The molecular weight excluding hydrogens is 392 g/mol. The van der Waals surface area contributed by atoms with Gasteiger partial charge in [-0.2, -0.15) is 0 Å². The Morgan fingerprint density at radius 1 is 0.667 bits per heavy atom. The summed E-state index contributed by atoms with van der Waals surface area (Å²) in [5, 5.41) is 22.6. The maximum Gasteiger partial charge on any atom is 0.350 e. The second-order valence-electron chi connectivity index (χ2n) is 6.25. The number of aliphatic hydroxyl groups is 2. The molecule has 158 valence electrons. The van der Waals surface area contributed by atoms with Crippen molar-refractivity contribution in [3.05, 3.63) is 71.8 Å². The Labute approximate surface area is 173 Å². The van der Waals surface area contributed by atoms with Gasteiger partial charge in [-0.05, 0) is 13.8 Å². The van der Waals surface area contributed by atoms with Gasteiger partial charge < -0.3 is 19.7 Å². The molecular formula is C22H22O8. The van der Waals surface area contributed by atoms with Crippen molar-refractivity contribution in [2.45, 2.75) is 25.0 Å². The van der Waals surface area contributed by atoms with Gasteiger partial charge in [-0.3, -0.25) is 9.59 Å². The minimum atomic E-state index is -3.59. The van der Waals surface area contributed by atoms with Gasteiger partial charge in [-0.15, -0.1) is 0 Å². The normalized spacial score (nSPS) is 14.7. The smallest absolute Gasteiger partial charge is 0.350 e. The van der Waals surface area contributed by atoms with Crippen LogP contribution >= 0.6 is 0 Å². The first-order valence-electron chi connectivity index (χ1n) is 9.23. The van der Waals surface area contributed by atoms with E-state index < -0.39 is 34.7 Å². The van der Waals surface area contributed by atoms with E-state index in [1.807, 2.05) is 0 Å². The quantitative estimate of drug-likeness (QED) is 0.358. The first-order chi connectivity index (χ1) is 14.2. The molecule has 2 aromatic rings. The minimum Gasteiger partial charge on any atom is -0.463 e. The van der Waals surface area contributed by atoms with Gasteiger partial charge in [0.25, 0.3) is 11.2 Å². The van der Waals surface area contributed by atoms with E-state index in [-0.39, 0.29) is 24.3 Å². The van der Waals surface area contributed by atoms with E-state index in [4.69, 9.17) is 9.47 Å². The average Bonchev–Trinajstić information content (AvgIpc) is 2.78. The molecule has 8 heteroatoms. The molecule has 0 aliphatic carbocycles. The van der Waals surface area contributed by atoms with Gasteiger partial charge in [-0.25, -0.2) is 9.59 Å². The van der Waals surface area contributed by atoms with Crippen LogP contribution in [0.3, 0.4) is 0 Å². The Kier molecular flexibility index (Phi) is 7.20. The lowest BCUT2D eigenvalue weighted by atomic mass is 9.73. The topological polar surface area (TPSA) is 127 Å². The number of hydrogen-bond donors (Lipinski definition) is 2. The van der Waals surface area contributed by atoms with Crippen LogP contribution in [0.2, 0.25) is 0 Å². The molecule has 0 spiro atoms. The molecule has 0 fully saturated rings. The summed E-state index contributed by atoms with van der Waals surface area (Å²) >= 11 is 0. The van der Waals surface area contributed by atoms with Gasteiger partial charge in [0, 0.05) is 11.1 Å². The van der Waals surface area contributed by atoms with E-state index in [9.17, 15) is 29.4 Å². The summed E-state index contributed by atoms with van der Waals surface area (Å²) in [6.07, 6.45) is 0. The Balaban J connectivity index is 2.78. The number of ether oxygens (including phenoxy) is 2. The zero-order valence-corrected chi connectivity index (χ0v) is 16.5. The van der Waals surface area contributed by atoms with Crippen LogP contribution in [0.15, 0.2) is 60.7 Å². The molecule has 0 heterocycles. The fourth-order valence-electron chi connectivity index (χ4n) is 2.88. The summed E-state index contributed by atoms with van der Waals surface area (Å²) in [5.74, 6) is -6.08. The molecule has 2 rings (SSSR count). The van der Waals surface area contributed by atoms with Crippen molar-refractivity contribution in [3.8, 4) is 0 Å². The summed E-state index contributed by atoms with van der Waals surface area (Å²) in [5.41, 5.74) is -7.64. The van der Waals surface area contributed by atoms with Gasteiger partial charge >= 0.3 is 11.9 Å². The SMILES string of the molecule is CCOC(=O)C(O)(C(=O)c1ccccc1)C(O)(C(=O)OCC)C(=O)c1ccccc1. The molecule has 0 radical (unpaired) electrons. The summed E-state index contributed by atoms with van der Waals surface area (Å²) in [4.78, 5) is 51.9. The first kappa shape index (κ1) is 22.9. The van der Waals surface area contributed by atoms with Crippen LogP contribution in [-0.4, -0.2) is 58.1 Å². The van der Waals surface area contributed by atoms with Gasteiger partial charge in [0.05, 0.1) is 13.2 Å². The summed E-state index contributed by atoms with van der Waals surface area (Å²) in [6, 6.07) is 14.0. The van der Waals surface area contributed by atoms with Crippen LogP contribution < -0.4 is 0 Å². The number of Topliss-reactive ketones (excluding diaryl/α,β-unsaturated/α-hetero) is 2. The van der Waals surface area contributed by atoms with Crippen molar-refractivity contribution in [1.82, 2.24) is 0 Å². The molecule has 2 N–H and O–H groups in total. The molecule has 0 bridgehead atoms. The zero-order chi connectivity index (χ0) is 22.4. The fraction of sp³-hybridized carbons (Fsp3) is 0.273. The predicted octanol–water partition coefficient (Wildman–Crippen LogP) is 1.34. The highest BCUT2D eigenvalue weighted by Crippen LogP contribution is 2.33. The third-order valence-corrected chi connectivity index (χ3v) is 4.39. The van der Waals surface area contributed by atoms with Gasteiger partial charge in [0.2, 0.25) is 11.6 Å². The third kappa shape index (κ3) is 3.87. The van der Waals surface area contributed by atoms with Crippen molar-refractivity contribution in [2.75, 3.05) is 13.2 Å². The number of benzene rings is 2. The monoisotopic (exact) mass is 414 g/mol. The highest BCUT2D eigenvalue weighted by Gasteiger charge is 2.70. The first-order valence-corrected chi connectivity index (χ1v) is 9.23. The van der Waals surface area contributed by atoms with Crippen molar-refractivity contribution >= 4 is 23.5 Å². The third-order valence-electron chi connectivity index (χ3n) is 4.39. The molecule has 0 aliphatic rings. The summed E-state index contributed by atoms with van der Waals surface area (Å²) in [7, 11) is 0. The molecule has 30 heavy (non-hydrogen) atoms. The second-order valence-corrected chi connectivity index (χ2v) is 6.25. The fourth-order valence-corrected chi connectivity index (χ4v) is 2.88. The molecule has 8 nitrogen and oxygen atoms in total. The van der Waals surface area contributed by atoms with Gasteiger partial charge in [0.15, 0.2) is 0 Å². The number of hydrogen-bond acceptors (Lipinski definition) is 8. The van der Waals surface area contributed by atoms with Crippen LogP contribution in [0.1, 0.15) is 34.6 Å². The second kappa shape index (κ2) is 9.43. The molecule has 0 aromatic heterocycles. The Morgan fingerprint density at radius 3 is 1.23 bits per heavy atom. The molecule has 0 aliphatic heterocycles. The zero-order valence-electron chi connectivity index (χ0n) is 16.5. The molecule has 2 aromatic carbocycles. The molecule has 0 saturated heterocycles.